The van der Waals surface area contributed by atoms with Gasteiger partial charge >= 0.3 is 16.3 Å². The van der Waals surface area contributed by atoms with Crippen LogP contribution in [0, 0.1) is 0 Å². The summed E-state index contributed by atoms with van der Waals surface area (Å²) >= 11 is 0. The summed E-state index contributed by atoms with van der Waals surface area (Å²) in [5.41, 5.74) is -0.0380. The summed E-state index contributed by atoms with van der Waals surface area (Å²) in [5.74, 6) is 0.675. The van der Waals surface area contributed by atoms with Gasteiger partial charge < -0.3 is 9.47 Å². The predicted molar refractivity (Wildman–Crippen MR) is 101 cm³/mol. The Morgan fingerprint density at radius 2 is 1.88 bits per heavy atom. The average Bonchev–Trinajstić information content (AvgIpc) is 2.50. The van der Waals surface area contributed by atoms with E-state index in [1.54, 1.807) is 65.1 Å². The van der Waals surface area contributed by atoms with Gasteiger partial charge in [-0.2, -0.15) is 12.7 Å². The molecule has 0 aliphatic carbocycles. The van der Waals surface area contributed by atoms with Crippen LogP contribution < -0.4 is 9.46 Å². The van der Waals surface area contributed by atoms with E-state index in [-0.39, 0.29) is 6.54 Å². The molecule has 1 aromatic carbocycles. The molecular weight excluding hydrogens is 356 g/mol. The van der Waals surface area contributed by atoms with Crippen LogP contribution in [0.15, 0.2) is 36.9 Å². The summed E-state index contributed by atoms with van der Waals surface area (Å²) in [6.07, 6.45) is 1.06. The normalized spacial score (nSPS) is 13.2. The second-order valence-corrected chi connectivity index (χ2v) is 8.50. The summed E-state index contributed by atoms with van der Waals surface area (Å²) in [5, 5.41) is 0. The zero-order chi connectivity index (χ0) is 20.0. The van der Waals surface area contributed by atoms with Crippen molar-refractivity contribution in [3.63, 3.8) is 0 Å². The van der Waals surface area contributed by atoms with Gasteiger partial charge in [-0.15, -0.1) is 6.58 Å². The molecule has 0 fully saturated rings. The topological polar surface area (TPSA) is 84.9 Å². The molecule has 26 heavy (non-hydrogen) atoms. The fourth-order valence-corrected chi connectivity index (χ4v) is 3.46. The molecule has 0 aliphatic heterocycles. The average molecular weight is 384 g/mol. The molecule has 1 rings (SSSR count). The smallest absolute Gasteiger partial charge is 0.422 e. The van der Waals surface area contributed by atoms with E-state index in [2.05, 4.69) is 6.58 Å². The number of methoxy groups -OCH3 is 1. The molecule has 0 radical (unpaired) electrons. The molecule has 1 aromatic rings. The maximum atomic E-state index is 12.7. The number of nitrogens with zero attached hydrogens (tertiary/aromatic N) is 1. The molecule has 0 aromatic heterocycles. The highest BCUT2D eigenvalue weighted by molar-refractivity contribution is 7.87. The fourth-order valence-electron chi connectivity index (χ4n) is 2.21. The van der Waals surface area contributed by atoms with E-state index in [9.17, 15) is 13.2 Å². The van der Waals surface area contributed by atoms with Crippen LogP contribution in [0.3, 0.4) is 0 Å². The second-order valence-electron chi connectivity index (χ2n) is 6.88. The third-order valence-electron chi connectivity index (χ3n) is 3.42. The summed E-state index contributed by atoms with van der Waals surface area (Å²) in [6.45, 7) is 10.5. The number of rotatable bonds is 8. The number of amides is 1. The Balaban J connectivity index is 3.03. The number of benzene rings is 1. The van der Waals surface area contributed by atoms with Crippen molar-refractivity contribution in [2.24, 2.45) is 0 Å². The van der Waals surface area contributed by atoms with E-state index < -0.39 is 27.9 Å². The van der Waals surface area contributed by atoms with Crippen LogP contribution in [0.2, 0.25) is 0 Å². The van der Waals surface area contributed by atoms with Crippen LogP contribution in [-0.4, -0.2) is 37.6 Å². The van der Waals surface area contributed by atoms with Gasteiger partial charge in [0.2, 0.25) is 0 Å². The first kappa shape index (κ1) is 22.0. The molecule has 146 valence electrons. The van der Waals surface area contributed by atoms with Crippen molar-refractivity contribution in [2.75, 3.05) is 7.11 Å². The molecule has 0 heterocycles. The molecule has 0 aliphatic rings. The Labute approximate surface area is 156 Å². The van der Waals surface area contributed by atoms with Crippen LogP contribution in [0.25, 0.3) is 0 Å². The number of ether oxygens (including phenoxy) is 2. The molecule has 0 spiro atoms. The number of carbonyl (C=O) groups is 1. The minimum atomic E-state index is -4.10. The largest absolute Gasteiger partial charge is 0.497 e. The molecular formula is C18H28N2O5S. The van der Waals surface area contributed by atoms with Gasteiger partial charge in [0.05, 0.1) is 7.11 Å². The monoisotopic (exact) mass is 384 g/mol. The standard InChI is InChI=1S/C18H28N2O5S/c1-7-8-14(2)20(13-15-9-11-16(24-6)12-10-15)26(22,23)19-17(21)25-18(3,4)5/h7,9-12,14H,1,8,13H2,2-6H3,(H,19,21)/t14-/m0/s1. The summed E-state index contributed by atoms with van der Waals surface area (Å²) in [7, 11) is -2.54. The van der Waals surface area contributed by atoms with Crippen molar-refractivity contribution < 1.29 is 22.7 Å². The van der Waals surface area contributed by atoms with Gasteiger partial charge in [0.25, 0.3) is 0 Å². The van der Waals surface area contributed by atoms with Crippen LogP contribution in [0.4, 0.5) is 4.79 Å². The zero-order valence-corrected chi connectivity index (χ0v) is 16.8. The molecule has 7 nitrogen and oxygen atoms in total. The molecule has 1 amide bonds. The maximum Gasteiger partial charge on any atom is 0.422 e. The van der Waals surface area contributed by atoms with Gasteiger partial charge in [0, 0.05) is 12.6 Å². The number of carbonyl (C=O) groups excluding carboxylic acids is 1. The number of hydrogen-bond acceptors (Lipinski definition) is 5. The van der Waals surface area contributed by atoms with E-state index in [1.165, 1.54) is 4.31 Å². The quantitative estimate of drug-likeness (QED) is 0.696. The summed E-state index contributed by atoms with van der Waals surface area (Å²) in [4.78, 5) is 11.9. The molecule has 1 atom stereocenters. The van der Waals surface area contributed by atoms with E-state index in [0.717, 1.165) is 5.56 Å². The first-order valence-electron chi connectivity index (χ1n) is 8.25. The predicted octanol–water partition coefficient (Wildman–Crippen LogP) is 3.23. The zero-order valence-electron chi connectivity index (χ0n) is 16.0. The minimum absolute atomic E-state index is 0.0944. The van der Waals surface area contributed by atoms with E-state index in [4.69, 9.17) is 9.47 Å². The van der Waals surface area contributed by atoms with Crippen molar-refractivity contribution in [2.45, 2.75) is 52.3 Å². The highest BCUT2D eigenvalue weighted by Gasteiger charge is 2.30. The first-order valence-corrected chi connectivity index (χ1v) is 9.69. The van der Waals surface area contributed by atoms with Gasteiger partial charge in [0.15, 0.2) is 0 Å². The van der Waals surface area contributed by atoms with Crippen molar-refractivity contribution in [3.8, 4) is 5.75 Å². The van der Waals surface area contributed by atoms with Gasteiger partial charge in [-0.1, -0.05) is 18.2 Å². The Morgan fingerprint density at radius 1 is 1.31 bits per heavy atom. The van der Waals surface area contributed by atoms with Crippen molar-refractivity contribution >= 4 is 16.3 Å². The Hall–Kier alpha value is -2.06. The van der Waals surface area contributed by atoms with Crippen molar-refractivity contribution in [1.82, 2.24) is 9.03 Å². The highest BCUT2D eigenvalue weighted by atomic mass is 32.2. The number of hydrogen-bond donors (Lipinski definition) is 1. The Morgan fingerprint density at radius 3 is 2.35 bits per heavy atom. The minimum Gasteiger partial charge on any atom is -0.497 e. The molecule has 0 bridgehead atoms. The SMILES string of the molecule is C=CC[C@H](C)N(Cc1ccc(OC)cc1)S(=O)(=O)NC(=O)OC(C)(C)C. The van der Waals surface area contributed by atoms with Gasteiger partial charge in [0.1, 0.15) is 11.4 Å². The van der Waals surface area contributed by atoms with E-state index >= 15 is 0 Å². The molecule has 1 N–H and O–H groups in total. The van der Waals surface area contributed by atoms with Crippen molar-refractivity contribution in [1.29, 1.82) is 0 Å². The second kappa shape index (κ2) is 9.05. The van der Waals surface area contributed by atoms with Crippen LogP contribution in [0.1, 0.15) is 39.7 Å². The van der Waals surface area contributed by atoms with Crippen LogP contribution >= 0.6 is 0 Å². The van der Waals surface area contributed by atoms with Crippen LogP contribution in [0.5, 0.6) is 5.75 Å². The molecule has 8 heteroatoms. The fraction of sp³-hybridized carbons (Fsp3) is 0.500. The van der Waals surface area contributed by atoms with Crippen LogP contribution in [-0.2, 0) is 21.5 Å². The Kier molecular flexibility index (Phi) is 7.65. The molecule has 0 saturated heterocycles. The highest BCUT2D eigenvalue weighted by Crippen LogP contribution is 2.18. The lowest BCUT2D eigenvalue weighted by Crippen LogP contribution is -2.48. The van der Waals surface area contributed by atoms with Gasteiger partial charge in [-0.05, 0) is 51.8 Å². The van der Waals surface area contributed by atoms with Gasteiger partial charge in [-0.3, -0.25) is 0 Å². The third kappa shape index (κ3) is 7.05. The Bertz CT molecular complexity index is 708. The first-order chi connectivity index (χ1) is 12.0. The van der Waals surface area contributed by atoms with E-state index in [0.29, 0.717) is 12.2 Å². The van der Waals surface area contributed by atoms with E-state index in [1.807, 2.05) is 4.72 Å². The maximum absolute atomic E-state index is 12.7. The summed E-state index contributed by atoms with van der Waals surface area (Å²) in [6, 6.07) is 6.65. The third-order valence-corrected chi connectivity index (χ3v) is 4.95. The molecule has 0 unspecified atom stereocenters. The lowest BCUT2D eigenvalue weighted by molar-refractivity contribution is 0.0566. The number of nitrogens with one attached hydrogen (secondary N) is 1. The molecule has 0 saturated carbocycles. The lowest BCUT2D eigenvalue weighted by Gasteiger charge is -2.28. The van der Waals surface area contributed by atoms with Crippen molar-refractivity contribution in [3.05, 3.63) is 42.5 Å². The lowest BCUT2D eigenvalue weighted by atomic mass is 10.2. The summed E-state index contributed by atoms with van der Waals surface area (Å²) < 4.78 is 38.8. The van der Waals surface area contributed by atoms with Gasteiger partial charge in [-0.25, -0.2) is 9.52 Å².